The summed E-state index contributed by atoms with van der Waals surface area (Å²) in [6.45, 7) is 1.93. The summed E-state index contributed by atoms with van der Waals surface area (Å²) < 4.78 is 1.13. The molecule has 2 fully saturated rings. The van der Waals surface area contributed by atoms with Crippen molar-refractivity contribution in [2.75, 3.05) is 0 Å². The third-order valence-corrected chi connectivity index (χ3v) is 4.46. The fourth-order valence-corrected chi connectivity index (χ4v) is 2.90. The van der Waals surface area contributed by atoms with E-state index >= 15 is 0 Å². The topological polar surface area (TPSA) is 85.4 Å². The van der Waals surface area contributed by atoms with Crippen LogP contribution in [0.4, 0.5) is 5.69 Å². The first kappa shape index (κ1) is 14.7. The second kappa shape index (κ2) is 5.55. The molecule has 2 aliphatic rings. The molecule has 1 aromatic heterocycles. The standard InChI is InChI=1S/C15H19N3O4/c1-10(11-2-3-11)17(12-4-5-12)15(20)9-16-8-13(18(21)22)6-7-14(16)19/h6-8,10-12H,2-5,9H2,1H3. The lowest BCUT2D eigenvalue weighted by molar-refractivity contribution is -0.385. The summed E-state index contributed by atoms with van der Waals surface area (Å²) in [4.78, 5) is 36.6. The van der Waals surface area contributed by atoms with Crippen LogP contribution in [0, 0.1) is 16.0 Å². The van der Waals surface area contributed by atoms with Crippen molar-refractivity contribution in [1.29, 1.82) is 0 Å². The summed E-state index contributed by atoms with van der Waals surface area (Å²) in [6, 6.07) is 2.76. The van der Waals surface area contributed by atoms with E-state index in [9.17, 15) is 19.7 Å². The minimum atomic E-state index is -0.564. The van der Waals surface area contributed by atoms with Crippen LogP contribution in [-0.4, -0.2) is 32.4 Å². The second-order valence-electron chi connectivity index (χ2n) is 6.22. The Bertz CT molecular complexity index is 661. The third-order valence-electron chi connectivity index (χ3n) is 4.46. The van der Waals surface area contributed by atoms with Crippen LogP contribution in [0.15, 0.2) is 23.1 Å². The van der Waals surface area contributed by atoms with Crippen molar-refractivity contribution in [3.63, 3.8) is 0 Å². The molecule has 0 aromatic carbocycles. The number of aromatic nitrogens is 1. The number of nitro groups is 1. The van der Waals surface area contributed by atoms with Gasteiger partial charge in [0.2, 0.25) is 5.91 Å². The molecular formula is C15H19N3O4. The van der Waals surface area contributed by atoms with E-state index in [0.717, 1.165) is 48.6 Å². The van der Waals surface area contributed by atoms with E-state index < -0.39 is 10.5 Å². The first-order chi connectivity index (χ1) is 10.5. The van der Waals surface area contributed by atoms with Gasteiger partial charge in [0.05, 0.1) is 11.1 Å². The Kier molecular flexibility index (Phi) is 3.72. The molecular weight excluding hydrogens is 286 g/mol. The molecule has 7 nitrogen and oxygen atoms in total. The number of hydrogen-bond acceptors (Lipinski definition) is 4. The normalized spacial score (nSPS) is 18.8. The maximum Gasteiger partial charge on any atom is 0.285 e. The Hall–Kier alpha value is -2.18. The zero-order valence-corrected chi connectivity index (χ0v) is 12.5. The number of nitrogens with zero attached hydrogens (tertiary/aromatic N) is 3. The average molecular weight is 305 g/mol. The SMILES string of the molecule is CC(C1CC1)N(C(=O)Cn1cc([N+](=O)[O-])ccc1=O)C1CC1. The number of amides is 1. The fourth-order valence-electron chi connectivity index (χ4n) is 2.90. The lowest BCUT2D eigenvalue weighted by Gasteiger charge is -2.29. The molecule has 1 aromatic rings. The van der Waals surface area contributed by atoms with E-state index in [1.165, 1.54) is 0 Å². The molecule has 7 heteroatoms. The van der Waals surface area contributed by atoms with Crippen molar-refractivity contribution in [2.24, 2.45) is 5.92 Å². The number of carbonyl (C=O) groups is 1. The van der Waals surface area contributed by atoms with Crippen LogP contribution in [0.3, 0.4) is 0 Å². The number of hydrogen-bond donors (Lipinski definition) is 0. The van der Waals surface area contributed by atoms with Crippen molar-refractivity contribution in [3.8, 4) is 0 Å². The Labute approximate surface area is 127 Å². The van der Waals surface area contributed by atoms with Crippen LogP contribution < -0.4 is 5.56 Å². The first-order valence-corrected chi connectivity index (χ1v) is 7.63. The second-order valence-corrected chi connectivity index (χ2v) is 6.22. The molecule has 2 aliphatic carbocycles. The van der Waals surface area contributed by atoms with Gasteiger partial charge in [0.15, 0.2) is 0 Å². The van der Waals surface area contributed by atoms with E-state index in [1.807, 2.05) is 4.90 Å². The summed E-state index contributed by atoms with van der Waals surface area (Å²) in [7, 11) is 0. The van der Waals surface area contributed by atoms with Gasteiger partial charge in [0.1, 0.15) is 6.54 Å². The van der Waals surface area contributed by atoms with Gasteiger partial charge in [-0.05, 0) is 38.5 Å². The monoisotopic (exact) mass is 305 g/mol. The molecule has 1 unspecified atom stereocenters. The van der Waals surface area contributed by atoms with Gasteiger partial charge in [-0.1, -0.05) is 0 Å². The van der Waals surface area contributed by atoms with Crippen LogP contribution in [-0.2, 0) is 11.3 Å². The minimum Gasteiger partial charge on any atom is -0.335 e. The van der Waals surface area contributed by atoms with Crippen LogP contribution in [0.5, 0.6) is 0 Å². The molecule has 0 aliphatic heterocycles. The highest BCUT2D eigenvalue weighted by atomic mass is 16.6. The molecule has 1 heterocycles. The zero-order chi connectivity index (χ0) is 15.9. The lowest BCUT2D eigenvalue weighted by atomic mass is 10.1. The fraction of sp³-hybridized carbons (Fsp3) is 0.600. The number of carbonyl (C=O) groups excluding carboxylic acids is 1. The molecule has 0 radical (unpaired) electrons. The smallest absolute Gasteiger partial charge is 0.285 e. The van der Waals surface area contributed by atoms with Crippen molar-refractivity contribution in [2.45, 2.75) is 51.2 Å². The quantitative estimate of drug-likeness (QED) is 0.589. The molecule has 0 bridgehead atoms. The maximum absolute atomic E-state index is 12.6. The Morgan fingerprint density at radius 2 is 2.09 bits per heavy atom. The molecule has 0 saturated heterocycles. The molecule has 22 heavy (non-hydrogen) atoms. The van der Waals surface area contributed by atoms with Gasteiger partial charge in [-0.2, -0.15) is 0 Å². The summed E-state index contributed by atoms with van der Waals surface area (Å²) >= 11 is 0. The van der Waals surface area contributed by atoms with E-state index in [-0.39, 0.29) is 30.2 Å². The van der Waals surface area contributed by atoms with Gasteiger partial charge < -0.3 is 4.90 Å². The first-order valence-electron chi connectivity index (χ1n) is 7.63. The van der Waals surface area contributed by atoms with E-state index in [4.69, 9.17) is 0 Å². The molecule has 0 N–H and O–H groups in total. The number of rotatable bonds is 6. The Morgan fingerprint density at radius 1 is 1.41 bits per heavy atom. The third kappa shape index (κ3) is 3.03. The van der Waals surface area contributed by atoms with Crippen molar-refractivity contribution >= 4 is 11.6 Å². The highest BCUT2D eigenvalue weighted by molar-refractivity contribution is 5.77. The summed E-state index contributed by atoms with van der Waals surface area (Å²) in [6.07, 6.45) is 5.45. The summed E-state index contributed by atoms with van der Waals surface area (Å²) in [5, 5.41) is 10.8. The van der Waals surface area contributed by atoms with E-state index in [2.05, 4.69) is 6.92 Å². The summed E-state index contributed by atoms with van der Waals surface area (Å²) in [5.74, 6) is 0.441. The van der Waals surface area contributed by atoms with E-state index in [0.29, 0.717) is 5.92 Å². The highest BCUT2D eigenvalue weighted by Crippen LogP contribution is 2.39. The van der Waals surface area contributed by atoms with E-state index in [1.54, 1.807) is 0 Å². The van der Waals surface area contributed by atoms with Gasteiger partial charge in [0, 0.05) is 24.2 Å². The maximum atomic E-state index is 12.6. The van der Waals surface area contributed by atoms with Gasteiger partial charge in [-0.3, -0.25) is 24.3 Å². The summed E-state index contributed by atoms with van der Waals surface area (Å²) in [5.41, 5.74) is -0.575. The Morgan fingerprint density at radius 3 is 2.64 bits per heavy atom. The van der Waals surface area contributed by atoms with Crippen LogP contribution in [0.25, 0.3) is 0 Å². The van der Waals surface area contributed by atoms with Crippen LogP contribution in [0.2, 0.25) is 0 Å². The van der Waals surface area contributed by atoms with Gasteiger partial charge >= 0.3 is 0 Å². The molecule has 118 valence electrons. The Balaban J connectivity index is 1.78. The molecule has 1 amide bonds. The van der Waals surface area contributed by atoms with Crippen molar-refractivity contribution in [3.05, 3.63) is 38.8 Å². The molecule has 2 saturated carbocycles. The van der Waals surface area contributed by atoms with Gasteiger partial charge in [0.25, 0.3) is 11.2 Å². The predicted molar refractivity (Wildman–Crippen MR) is 79.4 cm³/mol. The van der Waals surface area contributed by atoms with Crippen molar-refractivity contribution < 1.29 is 9.72 Å². The van der Waals surface area contributed by atoms with Crippen molar-refractivity contribution in [1.82, 2.24) is 9.47 Å². The largest absolute Gasteiger partial charge is 0.335 e. The highest BCUT2D eigenvalue weighted by Gasteiger charge is 2.41. The lowest BCUT2D eigenvalue weighted by Crippen LogP contribution is -2.44. The molecule has 0 spiro atoms. The average Bonchev–Trinajstić information content (AvgIpc) is 3.34. The molecule has 1 atom stereocenters. The predicted octanol–water partition coefficient (Wildman–Crippen LogP) is 1.55. The zero-order valence-electron chi connectivity index (χ0n) is 12.5. The number of pyridine rings is 1. The van der Waals surface area contributed by atoms with Gasteiger partial charge in [-0.25, -0.2) is 0 Å². The minimum absolute atomic E-state index is 0.121. The van der Waals surface area contributed by atoms with Crippen LogP contribution >= 0.6 is 0 Å². The molecule has 3 rings (SSSR count). The van der Waals surface area contributed by atoms with Gasteiger partial charge in [-0.15, -0.1) is 0 Å². The van der Waals surface area contributed by atoms with Crippen LogP contribution in [0.1, 0.15) is 32.6 Å².